The van der Waals surface area contributed by atoms with Crippen LogP contribution in [0.5, 0.6) is 0 Å². The standard InChI is InChI=1S/C44H62/c1-43(2,3)35-27-19-15-11-7-9-13-17-21-29-37-39-31-23-25-33-41(39)38(42-34-26-24-32-40(37)42)30-22-18-14-10-8-12-16-20-28-36-44(4,5)6/h23-26,31-34H,7-20,27-28,35-36H2,1-6H3. The van der Waals surface area contributed by atoms with Gasteiger partial charge in [0.25, 0.3) is 0 Å². The van der Waals surface area contributed by atoms with E-state index in [-0.39, 0.29) is 0 Å². The van der Waals surface area contributed by atoms with Gasteiger partial charge in [-0.2, -0.15) is 0 Å². The molecule has 44 heavy (non-hydrogen) atoms. The topological polar surface area (TPSA) is 0 Å². The van der Waals surface area contributed by atoms with Gasteiger partial charge in [0.15, 0.2) is 0 Å². The Balaban J connectivity index is 1.52. The highest BCUT2D eigenvalue weighted by atomic mass is 14.2. The van der Waals surface area contributed by atoms with Gasteiger partial charge in [-0.3, -0.25) is 0 Å². The van der Waals surface area contributed by atoms with Gasteiger partial charge in [0.05, 0.1) is 0 Å². The molecule has 0 bridgehead atoms. The summed E-state index contributed by atoms with van der Waals surface area (Å²) in [6.45, 7) is 14.1. The predicted molar refractivity (Wildman–Crippen MR) is 197 cm³/mol. The summed E-state index contributed by atoms with van der Waals surface area (Å²) < 4.78 is 0. The molecule has 3 rings (SSSR count). The number of fused-ring (bicyclic) bond motifs is 2. The molecule has 0 N–H and O–H groups in total. The Morgan fingerprint density at radius 3 is 0.955 bits per heavy atom. The normalized spacial score (nSPS) is 11.8. The highest BCUT2D eigenvalue weighted by Gasteiger charge is 2.12. The van der Waals surface area contributed by atoms with E-state index in [9.17, 15) is 0 Å². The first kappa shape index (κ1) is 35.8. The third kappa shape index (κ3) is 13.5. The van der Waals surface area contributed by atoms with Crippen molar-refractivity contribution in [3.63, 3.8) is 0 Å². The van der Waals surface area contributed by atoms with Crippen LogP contribution in [0.3, 0.4) is 0 Å². The van der Waals surface area contributed by atoms with Crippen molar-refractivity contribution >= 4 is 21.5 Å². The van der Waals surface area contributed by atoms with Gasteiger partial charge in [-0.05, 0) is 58.1 Å². The summed E-state index contributed by atoms with van der Waals surface area (Å²) in [5.41, 5.74) is 3.30. The van der Waals surface area contributed by atoms with Gasteiger partial charge >= 0.3 is 0 Å². The average molecular weight is 591 g/mol. The first-order valence-corrected chi connectivity index (χ1v) is 18.1. The molecule has 0 aliphatic rings. The van der Waals surface area contributed by atoms with E-state index < -0.39 is 0 Å². The Morgan fingerprint density at radius 1 is 0.386 bits per heavy atom. The number of rotatable bonds is 16. The minimum Gasteiger partial charge on any atom is -0.0978 e. The first-order chi connectivity index (χ1) is 21.2. The van der Waals surface area contributed by atoms with Crippen molar-refractivity contribution in [2.75, 3.05) is 0 Å². The Labute approximate surface area is 272 Å². The zero-order valence-corrected chi connectivity index (χ0v) is 29.3. The van der Waals surface area contributed by atoms with E-state index >= 15 is 0 Å². The molecule has 3 aromatic carbocycles. The summed E-state index contributed by atoms with van der Waals surface area (Å²) in [6, 6.07) is 17.5. The molecule has 0 heteroatoms. The quantitative estimate of drug-likeness (QED) is 0.0884. The fraction of sp³-hybridized carbons (Fsp3) is 0.591. The van der Waals surface area contributed by atoms with Crippen molar-refractivity contribution < 1.29 is 0 Å². The summed E-state index contributed by atoms with van der Waals surface area (Å²) in [6.07, 6.45) is 23.3. The van der Waals surface area contributed by atoms with Gasteiger partial charge < -0.3 is 0 Å². The highest BCUT2D eigenvalue weighted by Crippen LogP contribution is 2.32. The Kier molecular flexibility index (Phi) is 15.4. The molecule has 0 radical (unpaired) electrons. The lowest BCUT2D eigenvalue weighted by atomic mass is 9.89. The van der Waals surface area contributed by atoms with Gasteiger partial charge in [-0.1, -0.05) is 191 Å². The van der Waals surface area contributed by atoms with E-state index in [0.717, 1.165) is 12.8 Å². The van der Waals surface area contributed by atoms with Gasteiger partial charge in [-0.15, -0.1) is 0 Å². The van der Waals surface area contributed by atoms with E-state index in [0.29, 0.717) is 10.8 Å². The molecule has 0 aliphatic heterocycles. The van der Waals surface area contributed by atoms with Gasteiger partial charge in [0.1, 0.15) is 0 Å². The number of hydrogen-bond donors (Lipinski definition) is 0. The van der Waals surface area contributed by atoms with Crippen molar-refractivity contribution in [3.8, 4) is 23.7 Å². The van der Waals surface area contributed by atoms with Crippen LogP contribution in [-0.4, -0.2) is 0 Å². The molecule has 0 unspecified atom stereocenters. The van der Waals surface area contributed by atoms with Gasteiger partial charge in [-0.25, -0.2) is 0 Å². The summed E-state index contributed by atoms with van der Waals surface area (Å²) in [7, 11) is 0. The number of benzene rings is 3. The molecular weight excluding hydrogens is 528 g/mol. The molecule has 0 aromatic heterocycles. The molecule has 0 atom stereocenters. The average Bonchev–Trinajstić information content (AvgIpc) is 2.98. The predicted octanol–water partition coefficient (Wildman–Crippen LogP) is 13.8. The van der Waals surface area contributed by atoms with Crippen LogP contribution < -0.4 is 0 Å². The monoisotopic (exact) mass is 590 g/mol. The molecule has 0 aliphatic carbocycles. The van der Waals surface area contributed by atoms with Crippen LogP contribution in [0.4, 0.5) is 0 Å². The van der Waals surface area contributed by atoms with Crippen molar-refractivity contribution in [2.24, 2.45) is 10.8 Å². The lowest BCUT2D eigenvalue weighted by Crippen LogP contribution is -2.03. The third-order valence-corrected chi connectivity index (χ3v) is 8.82. The molecule has 3 aromatic rings. The van der Waals surface area contributed by atoms with E-state index in [1.165, 1.54) is 135 Å². The minimum atomic E-state index is 0.480. The van der Waals surface area contributed by atoms with Crippen LogP contribution in [0.2, 0.25) is 0 Å². The van der Waals surface area contributed by atoms with Crippen LogP contribution in [0.25, 0.3) is 21.5 Å². The minimum absolute atomic E-state index is 0.480. The second-order valence-corrected chi connectivity index (χ2v) is 15.5. The molecule has 0 fully saturated rings. The molecule has 0 spiro atoms. The SMILES string of the molecule is CC(C)(C)CCCCCCCCCC#Cc1c2ccccc2c(C#CCCCCCCCCCC(C)(C)C)c2ccccc12. The van der Waals surface area contributed by atoms with Crippen molar-refractivity contribution in [1.82, 2.24) is 0 Å². The maximum absolute atomic E-state index is 3.61. The van der Waals surface area contributed by atoms with Gasteiger partial charge in [0.2, 0.25) is 0 Å². The summed E-state index contributed by atoms with van der Waals surface area (Å²) in [5.74, 6) is 14.3. The van der Waals surface area contributed by atoms with Crippen LogP contribution in [0.15, 0.2) is 48.5 Å². The number of unbranched alkanes of at least 4 members (excludes halogenated alkanes) is 14. The van der Waals surface area contributed by atoms with E-state index in [1.54, 1.807) is 0 Å². The lowest BCUT2D eigenvalue weighted by Gasteiger charge is -2.17. The van der Waals surface area contributed by atoms with E-state index in [1.807, 2.05) is 0 Å². The number of hydrogen-bond acceptors (Lipinski definition) is 0. The van der Waals surface area contributed by atoms with Crippen LogP contribution >= 0.6 is 0 Å². The fourth-order valence-corrected chi connectivity index (χ4v) is 6.20. The summed E-state index contributed by atoms with van der Waals surface area (Å²) in [5, 5.41) is 4.96. The van der Waals surface area contributed by atoms with Crippen molar-refractivity contribution in [2.45, 2.75) is 157 Å². The zero-order chi connectivity index (χ0) is 31.7. The van der Waals surface area contributed by atoms with Crippen LogP contribution in [0.1, 0.15) is 168 Å². The first-order valence-electron chi connectivity index (χ1n) is 18.1. The van der Waals surface area contributed by atoms with Crippen molar-refractivity contribution in [1.29, 1.82) is 0 Å². The van der Waals surface area contributed by atoms with Crippen LogP contribution in [-0.2, 0) is 0 Å². The lowest BCUT2D eigenvalue weighted by molar-refractivity contribution is 0.356. The molecule has 0 amide bonds. The van der Waals surface area contributed by atoms with E-state index in [4.69, 9.17) is 0 Å². The zero-order valence-electron chi connectivity index (χ0n) is 29.3. The van der Waals surface area contributed by atoms with E-state index in [2.05, 4.69) is 114 Å². The third-order valence-electron chi connectivity index (χ3n) is 8.82. The second-order valence-electron chi connectivity index (χ2n) is 15.5. The molecule has 238 valence electrons. The molecule has 0 nitrogen and oxygen atoms in total. The Bertz CT molecular complexity index is 1220. The van der Waals surface area contributed by atoms with Gasteiger partial charge in [0, 0.05) is 24.0 Å². The molecular formula is C44H62. The maximum atomic E-state index is 3.61. The maximum Gasteiger partial charge on any atom is 0.0403 e. The smallest absolute Gasteiger partial charge is 0.0403 e. The van der Waals surface area contributed by atoms with Crippen LogP contribution in [0, 0.1) is 34.5 Å². The molecule has 0 saturated heterocycles. The Hall–Kier alpha value is -2.70. The summed E-state index contributed by atoms with van der Waals surface area (Å²) >= 11 is 0. The second kappa shape index (κ2) is 19.0. The van der Waals surface area contributed by atoms with Crippen molar-refractivity contribution in [3.05, 3.63) is 59.7 Å². The molecule has 0 saturated carbocycles. The Morgan fingerprint density at radius 2 is 0.659 bits per heavy atom. The highest BCUT2D eigenvalue weighted by molar-refractivity contribution is 6.09. The largest absolute Gasteiger partial charge is 0.0978 e. The summed E-state index contributed by atoms with van der Waals surface area (Å²) in [4.78, 5) is 0. The molecule has 0 heterocycles. The fourth-order valence-electron chi connectivity index (χ4n) is 6.20.